The molecule has 10 heteroatoms. The molecule has 3 aromatic rings. The van der Waals surface area contributed by atoms with E-state index in [1.54, 1.807) is 53.4 Å². The van der Waals surface area contributed by atoms with Gasteiger partial charge in [-0.15, -0.1) is 0 Å². The van der Waals surface area contributed by atoms with Gasteiger partial charge in [0.25, 0.3) is 5.92 Å². The van der Waals surface area contributed by atoms with Gasteiger partial charge in [-0.25, -0.2) is 21.6 Å². The molecule has 1 heterocycles. The molecule has 1 aliphatic heterocycles. The Labute approximate surface area is 263 Å². The summed E-state index contributed by atoms with van der Waals surface area (Å²) in [5.74, 6) is -2.84. The Morgan fingerprint density at radius 3 is 2.11 bits per heavy atom. The number of halogens is 3. The maximum absolute atomic E-state index is 13.4. The highest BCUT2D eigenvalue weighted by atomic mass is 32.2. The van der Waals surface area contributed by atoms with E-state index < -0.39 is 15.8 Å². The maximum Gasteiger partial charge on any atom is 0.261 e. The van der Waals surface area contributed by atoms with E-state index in [9.17, 15) is 26.4 Å². The summed E-state index contributed by atoms with van der Waals surface area (Å²) in [5.41, 5.74) is 2.54. The molecule has 6 nitrogen and oxygen atoms in total. The summed E-state index contributed by atoms with van der Waals surface area (Å²) in [6.07, 6.45) is 2.12. The zero-order chi connectivity index (χ0) is 32.2. The molecule has 1 saturated carbocycles. The average Bonchev–Trinajstić information content (AvgIpc) is 3.39. The van der Waals surface area contributed by atoms with E-state index in [4.69, 9.17) is 4.74 Å². The molecule has 1 atom stereocenters. The number of rotatable bonds is 11. The first-order chi connectivity index (χ1) is 21.4. The van der Waals surface area contributed by atoms with Crippen LogP contribution in [-0.4, -0.2) is 51.4 Å². The maximum atomic E-state index is 13.4. The minimum Gasteiger partial charge on any atom is -0.492 e. The lowest BCUT2D eigenvalue weighted by atomic mass is 9.81. The van der Waals surface area contributed by atoms with Crippen molar-refractivity contribution in [2.24, 2.45) is 11.8 Å². The number of nitrogens with one attached hydrogen (secondary N) is 1. The summed E-state index contributed by atoms with van der Waals surface area (Å²) >= 11 is 0. The van der Waals surface area contributed by atoms with E-state index in [1.807, 2.05) is 19.1 Å². The second kappa shape index (κ2) is 13.8. The minimum atomic E-state index is -3.76. The number of amides is 1. The molecule has 5 rings (SSSR count). The molecular formula is C35H39F3N2O4S. The van der Waals surface area contributed by atoms with Gasteiger partial charge in [0.15, 0.2) is 0 Å². The van der Waals surface area contributed by atoms with Crippen LogP contribution >= 0.6 is 0 Å². The van der Waals surface area contributed by atoms with Gasteiger partial charge < -0.3 is 10.1 Å². The standard InChI is InChI=1S/C35H39F3N2O4S/c1-24(26-7-13-31(36)14-8-26)39-34(41)30-5-3-27(4-6-30)25(2)45(42,43)33-17-11-29(12-18-33)28-9-15-32(16-10-28)44-22-21-40-20-19-35(37,38)23-40/h7-18,24,27,30H,2-6,19-23H2,1H3,(H,39,41). The van der Waals surface area contributed by atoms with Gasteiger partial charge in [-0.2, -0.15) is 0 Å². The monoisotopic (exact) mass is 640 g/mol. The Balaban J connectivity index is 1.11. The van der Waals surface area contributed by atoms with Crippen molar-refractivity contribution in [1.29, 1.82) is 0 Å². The number of sulfone groups is 1. The van der Waals surface area contributed by atoms with Crippen LogP contribution < -0.4 is 10.1 Å². The van der Waals surface area contributed by atoms with Crippen molar-refractivity contribution in [3.05, 3.63) is 95.7 Å². The van der Waals surface area contributed by atoms with Crippen molar-refractivity contribution in [2.75, 3.05) is 26.2 Å². The molecule has 2 aliphatic rings. The number of alkyl halides is 2. The molecule has 0 bridgehead atoms. The normalized spacial score (nSPS) is 20.8. The van der Waals surface area contributed by atoms with Crippen molar-refractivity contribution in [3.8, 4) is 16.9 Å². The lowest BCUT2D eigenvalue weighted by molar-refractivity contribution is -0.126. The Morgan fingerprint density at radius 1 is 0.956 bits per heavy atom. The van der Waals surface area contributed by atoms with Crippen LogP contribution in [-0.2, 0) is 14.6 Å². The van der Waals surface area contributed by atoms with Crippen LogP contribution in [0.4, 0.5) is 13.2 Å². The van der Waals surface area contributed by atoms with Gasteiger partial charge in [0.1, 0.15) is 18.2 Å². The van der Waals surface area contributed by atoms with Gasteiger partial charge in [-0.1, -0.05) is 43.0 Å². The fourth-order valence-electron chi connectivity index (χ4n) is 6.07. The van der Waals surface area contributed by atoms with E-state index in [1.165, 1.54) is 12.1 Å². The molecule has 0 spiro atoms. The fraction of sp³-hybridized carbons (Fsp3) is 0.400. The van der Waals surface area contributed by atoms with Crippen molar-refractivity contribution in [2.45, 2.75) is 55.9 Å². The van der Waals surface area contributed by atoms with Crippen LogP contribution in [0.1, 0.15) is 50.6 Å². The van der Waals surface area contributed by atoms with E-state index in [0.717, 1.165) is 16.7 Å². The second-order valence-corrected chi connectivity index (χ2v) is 14.1. The second-order valence-electron chi connectivity index (χ2n) is 12.1. The first-order valence-electron chi connectivity index (χ1n) is 15.3. The Morgan fingerprint density at radius 2 is 1.53 bits per heavy atom. The number of benzene rings is 3. The van der Waals surface area contributed by atoms with Crippen LogP contribution in [0.25, 0.3) is 11.1 Å². The molecule has 1 N–H and O–H groups in total. The molecule has 240 valence electrons. The molecule has 45 heavy (non-hydrogen) atoms. The molecule has 1 aliphatic carbocycles. The van der Waals surface area contributed by atoms with Crippen molar-refractivity contribution in [3.63, 3.8) is 0 Å². The van der Waals surface area contributed by atoms with E-state index >= 15 is 0 Å². The van der Waals surface area contributed by atoms with Crippen LogP contribution in [0.15, 0.2) is 89.2 Å². The van der Waals surface area contributed by atoms with Crippen molar-refractivity contribution >= 4 is 15.7 Å². The number of hydrogen-bond acceptors (Lipinski definition) is 5. The van der Waals surface area contributed by atoms with Gasteiger partial charge in [0.2, 0.25) is 15.7 Å². The summed E-state index contributed by atoms with van der Waals surface area (Å²) in [7, 11) is -3.76. The number of ether oxygens (including phenoxy) is 1. The number of allylic oxidation sites excluding steroid dienone is 1. The number of hydrogen-bond donors (Lipinski definition) is 1. The summed E-state index contributed by atoms with van der Waals surface area (Å²) < 4.78 is 72.5. The van der Waals surface area contributed by atoms with Crippen molar-refractivity contribution in [1.82, 2.24) is 10.2 Å². The summed E-state index contributed by atoms with van der Waals surface area (Å²) in [6, 6.07) is 19.8. The van der Waals surface area contributed by atoms with Crippen molar-refractivity contribution < 1.29 is 31.1 Å². The van der Waals surface area contributed by atoms with Gasteiger partial charge in [0, 0.05) is 30.3 Å². The predicted molar refractivity (Wildman–Crippen MR) is 168 cm³/mol. The van der Waals surface area contributed by atoms with Gasteiger partial charge in [-0.3, -0.25) is 9.69 Å². The molecule has 0 aromatic heterocycles. The van der Waals surface area contributed by atoms with E-state index in [0.29, 0.717) is 51.1 Å². The van der Waals surface area contributed by atoms with Crippen LogP contribution in [0, 0.1) is 17.7 Å². The fourth-order valence-corrected chi connectivity index (χ4v) is 7.55. The van der Waals surface area contributed by atoms with E-state index in [2.05, 4.69) is 11.9 Å². The van der Waals surface area contributed by atoms with Gasteiger partial charge >= 0.3 is 0 Å². The largest absolute Gasteiger partial charge is 0.492 e. The smallest absolute Gasteiger partial charge is 0.261 e. The Kier molecular flexibility index (Phi) is 10.0. The Bertz CT molecular complexity index is 1590. The minimum absolute atomic E-state index is 0.0802. The third-order valence-electron chi connectivity index (χ3n) is 8.90. The number of likely N-dealkylation sites (tertiary alicyclic amines) is 1. The van der Waals surface area contributed by atoms with Gasteiger partial charge in [0.05, 0.1) is 17.5 Å². The highest BCUT2D eigenvalue weighted by Gasteiger charge is 2.38. The van der Waals surface area contributed by atoms with Crippen LogP contribution in [0.2, 0.25) is 0 Å². The SMILES string of the molecule is C=C(C1CCC(C(=O)NC(C)c2ccc(F)cc2)CC1)S(=O)(=O)c1ccc(-c2ccc(OCCN3CCC(F)(F)C3)cc2)cc1. The third kappa shape index (κ3) is 8.16. The number of nitrogens with zero attached hydrogens (tertiary/aromatic N) is 1. The molecule has 3 aromatic carbocycles. The van der Waals surface area contributed by atoms with Crippen LogP contribution in [0.3, 0.4) is 0 Å². The Hall–Kier alpha value is -3.63. The quantitative estimate of drug-likeness (QED) is 0.240. The third-order valence-corrected chi connectivity index (χ3v) is 10.8. The molecule has 1 unspecified atom stereocenters. The first-order valence-corrected chi connectivity index (χ1v) is 16.8. The average molecular weight is 641 g/mol. The molecule has 1 amide bonds. The molecule has 0 radical (unpaired) electrons. The molecule has 2 fully saturated rings. The van der Waals surface area contributed by atoms with E-state index in [-0.39, 0.29) is 52.4 Å². The molecule has 1 saturated heterocycles. The molecular weight excluding hydrogens is 601 g/mol. The zero-order valence-electron chi connectivity index (χ0n) is 25.4. The van der Waals surface area contributed by atoms with Crippen LogP contribution in [0.5, 0.6) is 5.75 Å². The summed E-state index contributed by atoms with van der Waals surface area (Å²) in [6.45, 7) is 6.72. The van der Waals surface area contributed by atoms with Gasteiger partial charge in [-0.05, 0) is 91.6 Å². The highest BCUT2D eigenvalue weighted by molar-refractivity contribution is 7.95. The number of carbonyl (C=O) groups excluding carboxylic acids is 1. The predicted octanol–water partition coefficient (Wildman–Crippen LogP) is 7.18. The summed E-state index contributed by atoms with van der Waals surface area (Å²) in [5, 5.41) is 3.00. The topological polar surface area (TPSA) is 75.7 Å². The first kappa shape index (κ1) is 32.8. The number of carbonyl (C=O) groups is 1. The zero-order valence-corrected chi connectivity index (χ0v) is 26.2. The lowest BCUT2D eigenvalue weighted by Gasteiger charge is -2.29. The lowest BCUT2D eigenvalue weighted by Crippen LogP contribution is -2.35. The highest BCUT2D eigenvalue weighted by Crippen LogP contribution is 2.37. The summed E-state index contributed by atoms with van der Waals surface area (Å²) in [4.78, 5) is 14.9.